The molecule has 0 spiro atoms. The van der Waals surface area contributed by atoms with Crippen LogP contribution in [0.15, 0.2) is 6.07 Å². The summed E-state index contributed by atoms with van der Waals surface area (Å²) in [6.45, 7) is 6.54. The number of nitrogens with zero attached hydrogens (tertiary/aromatic N) is 2. The zero-order valence-electron chi connectivity index (χ0n) is 11.0. The number of hydrazine groups is 1. The molecule has 0 bridgehead atoms. The van der Waals surface area contributed by atoms with Gasteiger partial charge in [-0.15, -0.1) is 0 Å². The molecular formula is C11H21N5O2. The summed E-state index contributed by atoms with van der Waals surface area (Å²) in [7, 11) is 0. The minimum atomic E-state index is -0.469. The Morgan fingerprint density at radius 2 is 2.06 bits per heavy atom. The van der Waals surface area contributed by atoms with E-state index in [0.29, 0.717) is 30.7 Å². The van der Waals surface area contributed by atoms with Crippen molar-refractivity contribution in [3.8, 4) is 0 Å². The average Bonchev–Trinajstić information content (AvgIpc) is 2.35. The number of hydrogen-bond donors (Lipinski definition) is 4. The highest BCUT2D eigenvalue weighted by Gasteiger charge is 2.17. The Kier molecular flexibility index (Phi) is 5.26. The van der Waals surface area contributed by atoms with Crippen molar-refractivity contribution in [3.05, 3.63) is 11.9 Å². The molecule has 7 nitrogen and oxygen atoms in total. The molecule has 0 atom stereocenters. The monoisotopic (exact) mass is 255 g/mol. The lowest BCUT2D eigenvalue weighted by Crippen LogP contribution is -2.35. The largest absolute Gasteiger partial charge is 0.394 e. The molecule has 1 heterocycles. The number of hydrogen-bond acceptors (Lipinski definition) is 7. The number of aliphatic hydroxyl groups is 1. The van der Waals surface area contributed by atoms with Crippen LogP contribution >= 0.6 is 0 Å². The van der Waals surface area contributed by atoms with Crippen LogP contribution < -0.4 is 16.6 Å². The highest BCUT2D eigenvalue weighted by molar-refractivity contribution is 5.48. The highest BCUT2D eigenvalue weighted by Crippen LogP contribution is 2.16. The molecule has 0 aromatic carbocycles. The Morgan fingerprint density at radius 3 is 2.61 bits per heavy atom. The summed E-state index contributed by atoms with van der Waals surface area (Å²) in [6, 6.07) is 1.67. The highest BCUT2D eigenvalue weighted by atomic mass is 16.5. The van der Waals surface area contributed by atoms with Crippen molar-refractivity contribution in [2.75, 3.05) is 24.0 Å². The first-order valence-corrected chi connectivity index (χ1v) is 5.82. The minimum absolute atomic E-state index is 0.0107. The second-order valence-electron chi connectivity index (χ2n) is 4.50. The number of nitrogen functional groups attached to an aromatic ring is 1. The van der Waals surface area contributed by atoms with Gasteiger partial charge in [-0.2, -0.15) is 0 Å². The van der Waals surface area contributed by atoms with Gasteiger partial charge in [0.25, 0.3) is 0 Å². The van der Waals surface area contributed by atoms with Crippen molar-refractivity contribution in [3.63, 3.8) is 0 Å². The SMILES string of the molecule is CCOCc1nc(NN)cc(NC(C)(C)CO)n1. The van der Waals surface area contributed by atoms with Crippen LogP contribution in [-0.2, 0) is 11.3 Å². The van der Waals surface area contributed by atoms with E-state index in [1.807, 2.05) is 20.8 Å². The third-order valence-corrected chi connectivity index (χ3v) is 2.22. The summed E-state index contributed by atoms with van der Waals surface area (Å²) in [6.07, 6.45) is 0. The summed E-state index contributed by atoms with van der Waals surface area (Å²) in [5, 5.41) is 12.3. The van der Waals surface area contributed by atoms with Gasteiger partial charge in [0.1, 0.15) is 18.2 Å². The minimum Gasteiger partial charge on any atom is -0.394 e. The fourth-order valence-corrected chi connectivity index (χ4v) is 1.28. The number of nitrogens with two attached hydrogens (primary N) is 1. The molecule has 18 heavy (non-hydrogen) atoms. The third kappa shape index (κ3) is 4.44. The lowest BCUT2D eigenvalue weighted by molar-refractivity contribution is 0.128. The average molecular weight is 255 g/mol. The summed E-state index contributed by atoms with van der Waals surface area (Å²) >= 11 is 0. The van der Waals surface area contributed by atoms with Crippen LogP contribution in [0.25, 0.3) is 0 Å². The van der Waals surface area contributed by atoms with Crippen LogP contribution in [-0.4, -0.2) is 33.8 Å². The number of anilines is 2. The maximum Gasteiger partial charge on any atom is 0.158 e. The van der Waals surface area contributed by atoms with Crippen LogP contribution in [0.4, 0.5) is 11.6 Å². The number of rotatable bonds is 7. The predicted octanol–water partition coefficient (Wildman–Crippen LogP) is 0.481. The molecule has 0 radical (unpaired) electrons. The van der Waals surface area contributed by atoms with Gasteiger partial charge in [-0.3, -0.25) is 0 Å². The van der Waals surface area contributed by atoms with E-state index in [1.54, 1.807) is 6.07 Å². The maximum atomic E-state index is 9.22. The van der Waals surface area contributed by atoms with E-state index < -0.39 is 5.54 Å². The van der Waals surface area contributed by atoms with Crippen LogP contribution in [0.2, 0.25) is 0 Å². The topological polar surface area (TPSA) is 105 Å². The van der Waals surface area contributed by atoms with Gasteiger partial charge in [-0.05, 0) is 20.8 Å². The first-order valence-electron chi connectivity index (χ1n) is 5.82. The second kappa shape index (κ2) is 6.48. The second-order valence-corrected chi connectivity index (χ2v) is 4.50. The van der Waals surface area contributed by atoms with Gasteiger partial charge in [0.05, 0.1) is 12.1 Å². The summed E-state index contributed by atoms with van der Waals surface area (Å²) in [4.78, 5) is 8.47. The van der Waals surface area contributed by atoms with Crippen LogP contribution in [0, 0.1) is 0 Å². The van der Waals surface area contributed by atoms with Crippen molar-refractivity contribution in [2.24, 2.45) is 5.84 Å². The van der Waals surface area contributed by atoms with Crippen molar-refractivity contribution < 1.29 is 9.84 Å². The quantitative estimate of drug-likeness (QED) is 0.415. The van der Waals surface area contributed by atoms with E-state index in [-0.39, 0.29) is 6.61 Å². The molecule has 1 rings (SSSR count). The maximum absolute atomic E-state index is 9.22. The third-order valence-electron chi connectivity index (χ3n) is 2.22. The van der Waals surface area contributed by atoms with Gasteiger partial charge in [-0.1, -0.05) is 0 Å². The molecule has 0 aliphatic carbocycles. The Hall–Kier alpha value is -1.44. The number of nitrogens with one attached hydrogen (secondary N) is 2. The van der Waals surface area contributed by atoms with Crippen molar-refractivity contribution in [1.29, 1.82) is 0 Å². The van der Waals surface area contributed by atoms with Gasteiger partial charge in [0, 0.05) is 12.7 Å². The molecule has 0 unspecified atom stereocenters. The molecule has 1 aromatic heterocycles. The molecule has 7 heteroatoms. The smallest absolute Gasteiger partial charge is 0.158 e. The number of aromatic nitrogens is 2. The molecule has 0 amide bonds. The van der Waals surface area contributed by atoms with E-state index >= 15 is 0 Å². The summed E-state index contributed by atoms with van der Waals surface area (Å²) in [5.41, 5.74) is 2.01. The zero-order valence-corrected chi connectivity index (χ0v) is 11.0. The molecule has 0 saturated carbocycles. The predicted molar refractivity (Wildman–Crippen MR) is 70.0 cm³/mol. The Balaban J connectivity index is 2.89. The standard InChI is InChI=1S/C11H21N5O2/c1-4-18-6-10-13-8(5-9(14-10)16-12)15-11(2,3)7-17/h5,17H,4,6-7,12H2,1-3H3,(H2,13,14,15,16). The van der Waals surface area contributed by atoms with Crippen molar-refractivity contribution in [1.82, 2.24) is 9.97 Å². The normalized spacial score (nSPS) is 11.4. The first-order chi connectivity index (χ1) is 8.50. The molecule has 102 valence electrons. The first kappa shape index (κ1) is 14.6. The van der Waals surface area contributed by atoms with Gasteiger partial charge in [-0.25, -0.2) is 15.8 Å². The molecule has 0 saturated heterocycles. The van der Waals surface area contributed by atoms with Gasteiger partial charge >= 0.3 is 0 Å². The van der Waals surface area contributed by atoms with Gasteiger partial charge in [0.15, 0.2) is 5.82 Å². The fourth-order valence-electron chi connectivity index (χ4n) is 1.28. The van der Waals surface area contributed by atoms with E-state index in [4.69, 9.17) is 10.6 Å². The molecule has 5 N–H and O–H groups in total. The molecule has 1 aromatic rings. The Bertz CT molecular complexity index is 384. The van der Waals surface area contributed by atoms with Crippen molar-refractivity contribution in [2.45, 2.75) is 32.9 Å². The van der Waals surface area contributed by atoms with Gasteiger partial charge < -0.3 is 20.6 Å². The van der Waals surface area contributed by atoms with E-state index in [9.17, 15) is 5.11 Å². The molecular weight excluding hydrogens is 234 g/mol. The number of ether oxygens (including phenoxy) is 1. The zero-order chi connectivity index (χ0) is 13.6. The van der Waals surface area contributed by atoms with E-state index in [0.717, 1.165) is 0 Å². The summed E-state index contributed by atoms with van der Waals surface area (Å²) < 4.78 is 5.26. The molecule has 0 aliphatic heterocycles. The Labute approximate surface area is 107 Å². The lowest BCUT2D eigenvalue weighted by atomic mass is 10.1. The van der Waals surface area contributed by atoms with E-state index in [2.05, 4.69) is 20.7 Å². The molecule has 0 fully saturated rings. The summed E-state index contributed by atoms with van der Waals surface area (Å²) in [5.74, 6) is 6.97. The van der Waals surface area contributed by atoms with Crippen LogP contribution in [0.3, 0.4) is 0 Å². The Morgan fingerprint density at radius 1 is 1.39 bits per heavy atom. The van der Waals surface area contributed by atoms with Crippen LogP contribution in [0.1, 0.15) is 26.6 Å². The van der Waals surface area contributed by atoms with Crippen LogP contribution in [0.5, 0.6) is 0 Å². The van der Waals surface area contributed by atoms with Crippen molar-refractivity contribution >= 4 is 11.6 Å². The fraction of sp³-hybridized carbons (Fsp3) is 0.636. The number of aliphatic hydroxyl groups excluding tert-OH is 1. The van der Waals surface area contributed by atoms with E-state index in [1.165, 1.54) is 0 Å². The van der Waals surface area contributed by atoms with Gasteiger partial charge in [0.2, 0.25) is 0 Å². The lowest BCUT2D eigenvalue weighted by Gasteiger charge is -2.24. The molecule has 0 aliphatic rings.